The number of anilines is 2. The van der Waals surface area contributed by atoms with Gasteiger partial charge in [-0.1, -0.05) is 6.92 Å². The number of nitrogen functional groups attached to an aromatic ring is 1. The molecule has 7 heteroatoms. The molecule has 1 saturated carbocycles. The minimum Gasteiger partial charge on any atom is -0.467 e. The van der Waals surface area contributed by atoms with E-state index in [1.807, 2.05) is 0 Å². The molecular formula is C10H18N6O. The Morgan fingerprint density at radius 2 is 2.00 bits per heavy atom. The average Bonchev–Trinajstić information content (AvgIpc) is 2.33. The van der Waals surface area contributed by atoms with Gasteiger partial charge >= 0.3 is 6.01 Å². The van der Waals surface area contributed by atoms with Gasteiger partial charge in [-0.3, -0.25) is 5.43 Å². The Morgan fingerprint density at radius 3 is 2.47 bits per heavy atom. The summed E-state index contributed by atoms with van der Waals surface area (Å²) in [5, 5.41) is 3.35. The monoisotopic (exact) mass is 238 g/mol. The molecule has 0 amide bonds. The third-order valence-electron chi connectivity index (χ3n) is 3.29. The number of hydrogen-bond acceptors (Lipinski definition) is 7. The number of ether oxygens (including phenoxy) is 1. The van der Waals surface area contributed by atoms with E-state index in [9.17, 15) is 0 Å². The third-order valence-corrected chi connectivity index (χ3v) is 3.29. The van der Waals surface area contributed by atoms with Crippen LogP contribution in [0, 0.1) is 0 Å². The molecule has 0 radical (unpaired) electrons. The van der Waals surface area contributed by atoms with Gasteiger partial charge < -0.3 is 10.1 Å². The first-order chi connectivity index (χ1) is 8.21. The zero-order valence-electron chi connectivity index (χ0n) is 10.2. The van der Waals surface area contributed by atoms with Crippen molar-refractivity contribution in [3.05, 3.63) is 0 Å². The summed E-state index contributed by atoms with van der Waals surface area (Å²) < 4.78 is 5.00. The zero-order valence-corrected chi connectivity index (χ0v) is 10.2. The quantitative estimate of drug-likeness (QED) is 0.518. The van der Waals surface area contributed by atoms with Gasteiger partial charge in [-0.05, 0) is 25.7 Å². The number of methoxy groups -OCH3 is 1. The average molecular weight is 238 g/mol. The van der Waals surface area contributed by atoms with Crippen molar-refractivity contribution >= 4 is 11.9 Å². The van der Waals surface area contributed by atoms with E-state index in [1.165, 1.54) is 13.5 Å². The molecule has 1 aromatic heterocycles. The van der Waals surface area contributed by atoms with Crippen molar-refractivity contribution in [1.82, 2.24) is 15.0 Å². The smallest absolute Gasteiger partial charge is 0.322 e. The van der Waals surface area contributed by atoms with Gasteiger partial charge in [-0.2, -0.15) is 15.0 Å². The fourth-order valence-electron chi connectivity index (χ4n) is 1.98. The Balaban J connectivity index is 2.19. The predicted octanol–water partition coefficient (Wildman–Crippen LogP) is 0.910. The molecule has 17 heavy (non-hydrogen) atoms. The number of nitrogens with one attached hydrogen (secondary N) is 2. The van der Waals surface area contributed by atoms with Gasteiger partial charge in [0.05, 0.1) is 7.11 Å². The minimum atomic E-state index is 0.123. The van der Waals surface area contributed by atoms with Crippen LogP contribution < -0.4 is 21.3 Å². The van der Waals surface area contributed by atoms with E-state index < -0.39 is 0 Å². The van der Waals surface area contributed by atoms with E-state index in [-0.39, 0.29) is 11.5 Å². The van der Waals surface area contributed by atoms with Crippen LogP contribution in [0.15, 0.2) is 0 Å². The molecule has 0 saturated heterocycles. The summed E-state index contributed by atoms with van der Waals surface area (Å²) in [4.78, 5) is 12.3. The summed E-state index contributed by atoms with van der Waals surface area (Å²) in [6.07, 6.45) is 4.57. The maximum Gasteiger partial charge on any atom is 0.322 e. The van der Waals surface area contributed by atoms with Crippen molar-refractivity contribution in [2.75, 3.05) is 17.9 Å². The van der Waals surface area contributed by atoms with Crippen molar-refractivity contribution in [2.45, 2.75) is 38.1 Å². The second-order valence-electron chi connectivity index (χ2n) is 4.23. The summed E-state index contributed by atoms with van der Waals surface area (Å²) in [5.41, 5.74) is 2.52. The van der Waals surface area contributed by atoms with Crippen molar-refractivity contribution in [1.29, 1.82) is 0 Å². The summed E-state index contributed by atoms with van der Waals surface area (Å²) in [6.45, 7) is 2.16. The molecule has 1 aliphatic rings. The second kappa shape index (κ2) is 4.70. The molecule has 0 atom stereocenters. The molecule has 2 rings (SSSR count). The number of nitrogens with zero attached hydrogens (tertiary/aromatic N) is 3. The fourth-order valence-corrected chi connectivity index (χ4v) is 1.98. The molecule has 94 valence electrons. The molecule has 0 spiro atoms. The van der Waals surface area contributed by atoms with Gasteiger partial charge in [-0.15, -0.1) is 0 Å². The van der Waals surface area contributed by atoms with Gasteiger partial charge in [-0.25, -0.2) is 5.84 Å². The van der Waals surface area contributed by atoms with Crippen LogP contribution in [0.2, 0.25) is 0 Å². The highest BCUT2D eigenvalue weighted by atomic mass is 16.5. The number of aromatic nitrogens is 3. The highest BCUT2D eigenvalue weighted by Crippen LogP contribution is 2.37. The number of hydrogen-bond donors (Lipinski definition) is 3. The van der Waals surface area contributed by atoms with Crippen LogP contribution in [-0.4, -0.2) is 27.6 Å². The lowest BCUT2D eigenvalue weighted by Gasteiger charge is -2.41. The predicted molar refractivity (Wildman–Crippen MR) is 64.7 cm³/mol. The Hall–Kier alpha value is -1.63. The summed E-state index contributed by atoms with van der Waals surface area (Å²) >= 11 is 0. The Bertz CT molecular complexity index is 365. The van der Waals surface area contributed by atoms with E-state index in [4.69, 9.17) is 10.6 Å². The van der Waals surface area contributed by atoms with Crippen LogP contribution in [0.3, 0.4) is 0 Å². The molecule has 0 bridgehead atoms. The molecule has 4 N–H and O–H groups in total. The van der Waals surface area contributed by atoms with Crippen molar-refractivity contribution in [3.8, 4) is 6.01 Å². The van der Waals surface area contributed by atoms with Gasteiger partial charge in [0, 0.05) is 5.54 Å². The zero-order chi connectivity index (χ0) is 12.3. The van der Waals surface area contributed by atoms with E-state index in [0.29, 0.717) is 11.9 Å². The van der Waals surface area contributed by atoms with Crippen LogP contribution in [0.25, 0.3) is 0 Å². The maximum atomic E-state index is 5.30. The van der Waals surface area contributed by atoms with Crippen molar-refractivity contribution in [2.24, 2.45) is 5.84 Å². The van der Waals surface area contributed by atoms with Crippen molar-refractivity contribution < 1.29 is 4.74 Å². The topological polar surface area (TPSA) is 98.0 Å². The number of hydrazine groups is 1. The normalized spacial score (nSPS) is 17.1. The Morgan fingerprint density at radius 1 is 1.29 bits per heavy atom. The molecular weight excluding hydrogens is 220 g/mol. The van der Waals surface area contributed by atoms with Crippen LogP contribution in [0.5, 0.6) is 6.01 Å². The lowest BCUT2D eigenvalue weighted by Crippen LogP contribution is -2.44. The van der Waals surface area contributed by atoms with Crippen LogP contribution in [-0.2, 0) is 0 Å². The molecule has 1 heterocycles. The number of rotatable bonds is 5. The number of nitrogens with two attached hydrogens (primary N) is 1. The molecule has 0 aliphatic heterocycles. The third kappa shape index (κ3) is 2.38. The standard InChI is InChI=1S/C10H18N6O/c1-3-10(5-4-6-10)15-7-12-8(16-11)14-9(13-7)17-2/h3-6,11H2,1-2H3,(H2,12,13,14,15,16). The van der Waals surface area contributed by atoms with E-state index >= 15 is 0 Å². The van der Waals surface area contributed by atoms with Crippen LogP contribution >= 0.6 is 0 Å². The highest BCUT2D eigenvalue weighted by molar-refractivity contribution is 5.38. The fraction of sp³-hybridized carbons (Fsp3) is 0.700. The largest absolute Gasteiger partial charge is 0.467 e. The minimum absolute atomic E-state index is 0.123. The Labute approximate surface area is 100 Å². The molecule has 0 unspecified atom stereocenters. The van der Waals surface area contributed by atoms with Gasteiger partial charge in [0.1, 0.15) is 0 Å². The first-order valence-electron chi connectivity index (χ1n) is 5.76. The molecule has 1 aliphatic carbocycles. The summed E-state index contributed by atoms with van der Waals surface area (Å²) in [6, 6.07) is 0.251. The second-order valence-corrected chi connectivity index (χ2v) is 4.23. The van der Waals surface area contributed by atoms with E-state index in [2.05, 4.69) is 32.6 Å². The molecule has 7 nitrogen and oxygen atoms in total. The lowest BCUT2D eigenvalue weighted by molar-refractivity contribution is 0.267. The van der Waals surface area contributed by atoms with Gasteiger partial charge in [0.25, 0.3) is 0 Å². The first kappa shape index (κ1) is 11.8. The molecule has 0 aromatic carbocycles. The maximum absolute atomic E-state index is 5.30. The summed E-state index contributed by atoms with van der Waals surface area (Å²) in [5.74, 6) is 6.10. The highest BCUT2D eigenvalue weighted by Gasteiger charge is 2.35. The van der Waals surface area contributed by atoms with Crippen LogP contribution in [0.4, 0.5) is 11.9 Å². The SMILES string of the molecule is CCC1(Nc2nc(NN)nc(OC)n2)CCC1. The summed E-state index contributed by atoms with van der Waals surface area (Å²) in [7, 11) is 1.51. The van der Waals surface area contributed by atoms with Crippen LogP contribution in [0.1, 0.15) is 32.6 Å². The van der Waals surface area contributed by atoms with E-state index in [0.717, 1.165) is 19.3 Å². The molecule has 1 fully saturated rings. The van der Waals surface area contributed by atoms with Crippen molar-refractivity contribution in [3.63, 3.8) is 0 Å². The molecule has 1 aromatic rings. The Kier molecular flexibility index (Phi) is 3.28. The first-order valence-corrected chi connectivity index (χ1v) is 5.76. The van der Waals surface area contributed by atoms with Gasteiger partial charge in [0.15, 0.2) is 0 Å². The van der Waals surface area contributed by atoms with Gasteiger partial charge in [0.2, 0.25) is 11.9 Å². The van der Waals surface area contributed by atoms with E-state index in [1.54, 1.807) is 0 Å². The lowest BCUT2D eigenvalue weighted by atomic mass is 9.75.